The van der Waals surface area contributed by atoms with Crippen LogP contribution >= 0.6 is 11.6 Å². The van der Waals surface area contributed by atoms with E-state index in [-0.39, 0.29) is 6.04 Å². The largest absolute Gasteiger partial charge is 0.327 e. The predicted molar refractivity (Wildman–Crippen MR) is 75.3 cm³/mol. The molecule has 1 aromatic heterocycles. The minimum absolute atomic E-state index is 0.210. The van der Waals surface area contributed by atoms with Crippen molar-refractivity contribution in [1.82, 2.24) is 9.78 Å². The quantitative estimate of drug-likeness (QED) is 0.921. The van der Waals surface area contributed by atoms with Crippen molar-refractivity contribution >= 4 is 11.6 Å². The molecule has 2 aromatic rings. The molecule has 0 aliphatic heterocycles. The fourth-order valence-electron chi connectivity index (χ4n) is 1.91. The van der Waals surface area contributed by atoms with Gasteiger partial charge in [-0.3, -0.25) is 0 Å². The Hall–Kier alpha value is -1.32. The molecule has 18 heavy (non-hydrogen) atoms. The topological polar surface area (TPSA) is 43.8 Å². The van der Waals surface area contributed by atoms with Crippen LogP contribution in [0.2, 0.25) is 5.02 Å². The Kier molecular flexibility index (Phi) is 4.04. The minimum atomic E-state index is 0.210. The maximum Gasteiger partial charge on any atom is 0.0790 e. The van der Waals surface area contributed by atoms with Crippen molar-refractivity contribution in [3.63, 3.8) is 0 Å². The average Bonchev–Trinajstić information content (AvgIpc) is 2.78. The second kappa shape index (κ2) is 5.55. The first-order valence-corrected chi connectivity index (χ1v) is 6.53. The van der Waals surface area contributed by atoms with Crippen LogP contribution in [0, 0.1) is 6.92 Å². The molecule has 0 aliphatic carbocycles. The van der Waals surface area contributed by atoms with E-state index in [1.54, 1.807) is 10.9 Å². The number of halogens is 1. The fourth-order valence-corrected chi connectivity index (χ4v) is 2.04. The number of hydrogen-bond acceptors (Lipinski definition) is 2. The summed E-state index contributed by atoms with van der Waals surface area (Å²) in [6.45, 7) is 4.17. The maximum absolute atomic E-state index is 5.99. The smallest absolute Gasteiger partial charge is 0.0790 e. The molecular formula is C14H18ClN3. The fraction of sp³-hybridized carbons (Fsp3) is 0.357. The molecule has 0 aliphatic rings. The number of benzene rings is 1. The first-order chi connectivity index (χ1) is 8.60. The third kappa shape index (κ3) is 2.92. The predicted octanol–water partition coefficient (Wildman–Crippen LogP) is 3.11. The summed E-state index contributed by atoms with van der Waals surface area (Å²) in [6.07, 6.45) is 5.33. The third-order valence-corrected chi connectivity index (χ3v) is 3.29. The molecule has 0 fully saturated rings. The molecule has 2 N–H and O–H groups in total. The van der Waals surface area contributed by atoms with Crippen LogP contribution in [0.15, 0.2) is 30.6 Å². The van der Waals surface area contributed by atoms with E-state index in [4.69, 9.17) is 17.3 Å². The zero-order valence-corrected chi connectivity index (χ0v) is 11.5. The van der Waals surface area contributed by atoms with Crippen LogP contribution in [0.4, 0.5) is 0 Å². The lowest BCUT2D eigenvalue weighted by atomic mass is 10.0. The molecule has 1 atom stereocenters. The normalized spacial score (nSPS) is 12.7. The first kappa shape index (κ1) is 13.1. The van der Waals surface area contributed by atoms with Crippen molar-refractivity contribution in [1.29, 1.82) is 0 Å². The van der Waals surface area contributed by atoms with E-state index in [0.29, 0.717) is 5.02 Å². The maximum atomic E-state index is 5.99. The second-order valence-electron chi connectivity index (χ2n) is 4.60. The molecule has 3 nitrogen and oxygen atoms in total. The van der Waals surface area contributed by atoms with Gasteiger partial charge in [-0.15, -0.1) is 0 Å². The first-order valence-electron chi connectivity index (χ1n) is 6.15. The van der Waals surface area contributed by atoms with Crippen LogP contribution in [-0.2, 0) is 6.42 Å². The van der Waals surface area contributed by atoms with Gasteiger partial charge in [-0.05, 0) is 37.0 Å². The second-order valence-corrected chi connectivity index (χ2v) is 5.03. The number of hydrogen-bond donors (Lipinski definition) is 1. The molecule has 0 saturated heterocycles. The Bertz CT molecular complexity index is 534. The molecule has 96 valence electrons. The van der Waals surface area contributed by atoms with Crippen molar-refractivity contribution in [3.05, 3.63) is 46.7 Å². The summed E-state index contributed by atoms with van der Waals surface area (Å²) in [4.78, 5) is 0. The zero-order chi connectivity index (χ0) is 13.1. The molecule has 4 heteroatoms. The number of nitrogens with zero attached hydrogens (tertiary/aromatic N) is 2. The van der Waals surface area contributed by atoms with Crippen LogP contribution in [0.1, 0.15) is 24.5 Å². The lowest BCUT2D eigenvalue weighted by Gasteiger charge is -2.12. The van der Waals surface area contributed by atoms with Crippen molar-refractivity contribution < 1.29 is 0 Å². The van der Waals surface area contributed by atoms with Gasteiger partial charge in [-0.2, -0.15) is 5.10 Å². The Morgan fingerprint density at radius 3 is 2.83 bits per heavy atom. The summed E-state index contributed by atoms with van der Waals surface area (Å²) < 4.78 is 1.80. The molecule has 0 amide bonds. The van der Waals surface area contributed by atoms with Crippen LogP contribution < -0.4 is 5.73 Å². The van der Waals surface area contributed by atoms with Gasteiger partial charge in [0.25, 0.3) is 0 Å². The molecule has 1 aromatic carbocycles. The van der Waals surface area contributed by atoms with E-state index < -0.39 is 0 Å². The molecule has 0 saturated carbocycles. The highest BCUT2D eigenvalue weighted by Gasteiger charge is 2.07. The lowest BCUT2D eigenvalue weighted by Crippen LogP contribution is -2.21. The number of aryl methyl sites for hydroxylation is 1. The van der Waals surface area contributed by atoms with Crippen LogP contribution in [0.5, 0.6) is 0 Å². The van der Waals surface area contributed by atoms with E-state index in [9.17, 15) is 0 Å². The number of aromatic nitrogens is 2. The van der Waals surface area contributed by atoms with Gasteiger partial charge >= 0.3 is 0 Å². The molecule has 1 heterocycles. The summed E-state index contributed by atoms with van der Waals surface area (Å²) in [5.74, 6) is 0. The van der Waals surface area contributed by atoms with E-state index in [2.05, 4.69) is 37.1 Å². The van der Waals surface area contributed by atoms with Gasteiger partial charge in [-0.1, -0.05) is 30.7 Å². The standard InChI is InChI=1S/C14H18ClN3/c1-3-13(16)6-11-5-4-10(2)14(7-11)18-9-12(15)8-17-18/h4-5,7-9,13H,3,6,16H2,1-2H3. The summed E-state index contributed by atoms with van der Waals surface area (Å²) in [5, 5.41) is 4.88. The molecule has 0 bridgehead atoms. The highest BCUT2D eigenvalue weighted by molar-refractivity contribution is 6.30. The van der Waals surface area contributed by atoms with Crippen molar-refractivity contribution in [2.45, 2.75) is 32.7 Å². The van der Waals surface area contributed by atoms with Gasteiger partial charge in [-0.25, -0.2) is 4.68 Å². The molecule has 0 spiro atoms. The monoisotopic (exact) mass is 263 g/mol. The molecular weight excluding hydrogens is 246 g/mol. The van der Waals surface area contributed by atoms with E-state index in [1.165, 1.54) is 11.1 Å². The Balaban J connectivity index is 2.32. The molecule has 0 radical (unpaired) electrons. The Morgan fingerprint density at radius 2 is 2.22 bits per heavy atom. The average molecular weight is 264 g/mol. The van der Waals surface area contributed by atoms with Gasteiger partial charge < -0.3 is 5.73 Å². The Morgan fingerprint density at radius 1 is 1.44 bits per heavy atom. The minimum Gasteiger partial charge on any atom is -0.327 e. The van der Waals surface area contributed by atoms with Gasteiger partial charge in [0.1, 0.15) is 0 Å². The van der Waals surface area contributed by atoms with E-state index >= 15 is 0 Å². The highest BCUT2D eigenvalue weighted by atomic mass is 35.5. The van der Waals surface area contributed by atoms with Gasteiger partial charge in [0.2, 0.25) is 0 Å². The summed E-state index contributed by atoms with van der Waals surface area (Å²) >= 11 is 5.91. The van der Waals surface area contributed by atoms with Crippen LogP contribution in [0.25, 0.3) is 5.69 Å². The van der Waals surface area contributed by atoms with Crippen molar-refractivity contribution in [2.24, 2.45) is 5.73 Å². The molecule has 2 rings (SSSR count). The summed E-state index contributed by atoms with van der Waals surface area (Å²) in [7, 11) is 0. The van der Waals surface area contributed by atoms with E-state index in [1.807, 2.05) is 6.20 Å². The van der Waals surface area contributed by atoms with E-state index in [0.717, 1.165) is 18.5 Å². The van der Waals surface area contributed by atoms with Crippen molar-refractivity contribution in [3.8, 4) is 5.69 Å². The van der Waals surface area contributed by atoms with Crippen LogP contribution in [0.3, 0.4) is 0 Å². The Labute approximate surface area is 113 Å². The lowest BCUT2D eigenvalue weighted by molar-refractivity contribution is 0.646. The summed E-state index contributed by atoms with van der Waals surface area (Å²) in [6, 6.07) is 6.57. The number of rotatable bonds is 4. The SMILES string of the molecule is CCC(N)Cc1ccc(C)c(-n2cc(Cl)cn2)c1. The number of nitrogens with two attached hydrogens (primary N) is 1. The van der Waals surface area contributed by atoms with Crippen LogP contribution in [-0.4, -0.2) is 15.8 Å². The highest BCUT2D eigenvalue weighted by Crippen LogP contribution is 2.18. The summed E-state index contributed by atoms with van der Waals surface area (Å²) in [5.41, 5.74) is 9.45. The van der Waals surface area contributed by atoms with Gasteiger partial charge in [0.05, 0.1) is 16.9 Å². The third-order valence-electron chi connectivity index (χ3n) is 3.09. The van der Waals surface area contributed by atoms with Gasteiger partial charge in [0.15, 0.2) is 0 Å². The van der Waals surface area contributed by atoms with Crippen molar-refractivity contribution in [2.75, 3.05) is 0 Å². The van der Waals surface area contributed by atoms with Gasteiger partial charge in [0, 0.05) is 12.2 Å². The zero-order valence-electron chi connectivity index (χ0n) is 10.7. The molecule has 1 unspecified atom stereocenters.